The van der Waals surface area contributed by atoms with Gasteiger partial charge in [-0.2, -0.15) is 0 Å². The van der Waals surface area contributed by atoms with Crippen LogP contribution in [-0.4, -0.2) is 42.5 Å². The maximum absolute atomic E-state index is 11.9. The first-order valence-corrected chi connectivity index (χ1v) is 7.02. The van der Waals surface area contributed by atoms with Crippen molar-refractivity contribution in [3.05, 3.63) is 35.9 Å². The molecule has 1 heterocycles. The number of hydrogen-bond donors (Lipinski definition) is 3. The number of aliphatic hydroxyl groups excluding tert-OH is 1. The van der Waals surface area contributed by atoms with Gasteiger partial charge in [-0.1, -0.05) is 30.3 Å². The highest BCUT2D eigenvalue weighted by molar-refractivity contribution is 5.74. The molecule has 0 saturated carbocycles. The molecule has 2 rings (SSSR count). The Hall–Kier alpha value is -1.59. The summed E-state index contributed by atoms with van der Waals surface area (Å²) in [5.74, 6) is 0. The van der Waals surface area contributed by atoms with Gasteiger partial charge in [-0.3, -0.25) is 0 Å². The third-order valence-electron chi connectivity index (χ3n) is 3.57. The highest BCUT2D eigenvalue weighted by Gasteiger charge is 2.26. The number of carbonyl (C=O) groups is 1. The normalized spacial score (nSPS) is 23.3. The van der Waals surface area contributed by atoms with Crippen molar-refractivity contribution in [1.29, 1.82) is 0 Å². The number of ether oxygens (including phenoxy) is 1. The SMILES string of the molecule is C[C@@H]1OCC[C@@H]1NC(=O)N[C@H](CO)Cc1ccccc1. The highest BCUT2D eigenvalue weighted by atomic mass is 16.5. The Morgan fingerprint density at radius 2 is 2.20 bits per heavy atom. The van der Waals surface area contributed by atoms with Gasteiger partial charge in [-0.25, -0.2) is 4.79 Å². The molecule has 5 heteroatoms. The maximum Gasteiger partial charge on any atom is 0.315 e. The van der Waals surface area contributed by atoms with Crippen LogP contribution < -0.4 is 10.6 Å². The Balaban J connectivity index is 1.81. The number of urea groups is 1. The molecule has 0 unspecified atom stereocenters. The number of hydrogen-bond acceptors (Lipinski definition) is 3. The average molecular weight is 278 g/mol. The van der Waals surface area contributed by atoms with Crippen LogP contribution in [0.1, 0.15) is 18.9 Å². The molecule has 0 spiro atoms. The lowest BCUT2D eigenvalue weighted by Gasteiger charge is -2.20. The maximum atomic E-state index is 11.9. The predicted molar refractivity (Wildman–Crippen MR) is 76.5 cm³/mol. The standard InChI is InChI=1S/C15H22N2O3/c1-11-14(7-8-20-11)17-15(19)16-13(10-18)9-12-5-3-2-4-6-12/h2-6,11,13-14,18H,7-10H2,1H3,(H2,16,17,19)/t11-,13-,14-/m0/s1. The molecular weight excluding hydrogens is 256 g/mol. The van der Waals surface area contributed by atoms with Gasteiger partial charge >= 0.3 is 6.03 Å². The fourth-order valence-electron chi connectivity index (χ4n) is 2.38. The van der Waals surface area contributed by atoms with Crippen LogP contribution in [0.4, 0.5) is 4.79 Å². The summed E-state index contributed by atoms with van der Waals surface area (Å²) < 4.78 is 5.40. The number of carbonyl (C=O) groups excluding carboxylic acids is 1. The summed E-state index contributed by atoms with van der Waals surface area (Å²) >= 11 is 0. The van der Waals surface area contributed by atoms with Gasteiger partial charge in [0.2, 0.25) is 0 Å². The van der Waals surface area contributed by atoms with E-state index in [1.807, 2.05) is 37.3 Å². The lowest BCUT2D eigenvalue weighted by molar-refractivity contribution is 0.114. The van der Waals surface area contributed by atoms with Gasteiger partial charge < -0.3 is 20.5 Å². The zero-order chi connectivity index (χ0) is 14.4. The first kappa shape index (κ1) is 14.8. The van der Waals surface area contributed by atoms with E-state index in [0.717, 1.165) is 12.0 Å². The van der Waals surface area contributed by atoms with Crippen molar-refractivity contribution in [1.82, 2.24) is 10.6 Å². The molecule has 0 aromatic heterocycles. The number of rotatable bonds is 5. The van der Waals surface area contributed by atoms with E-state index in [-0.39, 0.29) is 30.8 Å². The smallest absolute Gasteiger partial charge is 0.315 e. The molecule has 1 aromatic carbocycles. The molecule has 20 heavy (non-hydrogen) atoms. The van der Waals surface area contributed by atoms with Crippen LogP contribution >= 0.6 is 0 Å². The molecule has 1 fully saturated rings. The summed E-state index contributed by atoms with van der Waals surface area (Å²) in [6.45, 7) is 2.55. The van der Waals surface area contributed by atoms with E-state index >= 15 is 0 Å². The number of benzene rings is 1. The van der Waals surface area contributed by atoms with Crippen LogP contribution in [-0.2, 0) is 11.2 Å². The van der Waals surface area contributed by atoms with Gasteiger partial charge in [0.25, 0.3) is 0 Å². The van der Waals surface area contributed by atoms with Gasteiger partial charge in [0.15, 0.2) is 0 Å². The van der Waals surface area contributed by atoms with Crippen LogP contribution in [0, 0.1) is 0 Å². The molecule has 0 radical (unpaired) electrons. The Labute approximate surface area is 119 Å². The Morgan fingerprint density at radius 1 is 1.45 bits per heavy atom. The van der Waals surface area contributed by atoms with Gasteiger partial charge in [0.1, 0.15) is 0 Å². The molecule has 1 aliphatic rings. The average Bonchev–Trinajstić information content (AvgIpc) is 2.84. The second-order valence-corrected chi connectivity index (χ2v) is 5.16. The quantitative estimate of drug-likeness (QED) is 0.754. The monoisotopic (exact) mass is 278 g/mol. The summed E-state index contributed by atoms with van der Waals surface area (Å²) in [6.07, 6.45) is 1.49. The molecule has 1 aliphatic heterocycles. The summed E-state index contributed by atoms with van der Waals surface area (Å²) in [5, 5.41) is 15.1. The Morgan fingerprint density at radius 3 is 2.80 bits per heavy atom. The molecule has 0 bridgehead atoms. The molecule has 5 nitrogen and oxygen atoms in total. The Kier molecular flexibility index (Phi) is 5.38. The van der Waals surface area contributed by atoms with E-state index in [1.165, 1.54) is 0 Å². The first-order chi connectivity index (χ1) is 9.69. The number of nitrogens with one attached hydrogen (secondary N) is 2. The molecule has 0 aliphatic carbocycles. The van der Waals surface area contributed by atoms with Gasteiger partial charge in [0, 0.05) is 6.61 Å². The molecule has 3 N–H and O–H groups in total. The minimum absolute atomic E-state index is 0.0439. The topological polar surface area (TPSA) is 70.6 Å². The van der Waals surface area contributed by atoms with Crippen LogP contribution in [0.5, 0.6) is 0 Å². The summed E-state index contributed by atoms with van der Waals surface area (Å²) in [4.78, 5) is 11.9. The van der Waals surface area contributed by atoms with Gasteiger partial charge in [-0.05, 0) is 25.3 Å². The van der Waals surface area contributed by atoms with E-state index < -0.39 is 0 Å². The second kappa shape index (κ2) is 7.26. The molecule has 1 aromatic rings. The van der Waals surface area contributed by atoms with Gasteiger partial charge in [-0.15, -0.1) is 0 Å². The lowest BCUT2D eigenvalue weighted by Crippen LogP contribution is -2.49. The zero-order valence-electron chi connectivity index (χ0n) is 11.7. The fourth-order valence-corrected chi connectivity index (χ4v) is 2.38. The van der Waals surface area contributed by atoms with E-state index in [1.54, 1.807) is 0 Å². The van der Waals surface area contributed by atoms with Crippen LogP contribution in [0.2, 0.25) is 0 Å². The second-order valence-electron chi connectivity index (χ2n) is 5.16. The summed E-state index contributed by atoms with van der Waals surface area (Å²) in [7, 11) is 0. The molecule has 1 saturated heterocycles. The lowest BCUT2D eigenvalue weighted by atomic mass is 10.1. The molecule has 3 atom stereocenters. The van der Waals surface area contributed by atoms with Crippen molar-refractivity contribution in [2.45, 2.75) is 38.0 Å². The number of amides is 2. The minimum Gasteiger partial charge on any atom is -0.394 e. The largest absolute Gasteiger partial charge is 0.394 e. The summed E-state index contributed by atoms with van der Waals surface area (Å²) in [5.41, 5.74) is 1.09. The van der Waals surface area contributed by atoms with Crippen LogP contribution in [0.15, 0.2) is 30.3 Å². The van der Waals surface area contributed by atoms with Crippen molar-refractivity contribution in [2.24, 2.45) is 0 Å². The van der Waals surface area contributed by atoms with Crippen molar-refractivity contribution in [3.63, 3.8) is 0 Å². The van der Waals surface area contributed by atoms with Crippen molar-refractivity contribution in [2.75, 3.05) is 13.2 Å². The molecule has 110 valence electrons. The zero-order valence-corrected chi connectivity index (χ0v) is 11.7. The van der Waals surface area contributed by atoms with Crippen LogP contribution in [0.25, 0.3) is 0 Å². The van der Waals surface area contributed by atoms with Crippen molar-refractivity contribution >= 4 is 6.03 Å². The predicted octanol–water partition coefficient (Wildman–Crippen LogP) is 1.07. The first-order valence-electron chi connectivity index (χ1n) is 7.02. The van der Waals surface area contributed by atoms with Gasteiger partial charge in [0.05, 0.1) is 24.8 Å². The van der Waals surface area contributed by atoms with E-state index in [9.17, 15) is 9.90 Å². The summed E-state index contributed by atoms with van der Waals surface area (Å²) in [6, 6.07) is 9.31. The third kappa shape index (κ3) is 4.21. The van der Waals surface area contributed by atoms with E-state index in [2.05, 4.69) is 10.6 Å². The Bertz CT molecular complexity index is 424. The minimum atomic E-state index is -0.282. The number of aliphatic hydroxyl groups is 1. The molecular formula is C15H22N2O3. The van der Waals surface area contributed by atoms with Crippen molar-refractivity contribution in [3.8, 4) is 0 Å². The fraction of sp³-hybridized carbons (Fsp3) is 0.533. The van der Waals surface area contributed by atoms with Crippen molar-refractivity contribution < 1.29 is 14.6 Å². The van der Waals surface area contributed by atoms with Crippen LogP contribution in [0.3, 0.4) is 0 Å². The highest BCUT2D eigenvalue weighted by Crippen LogP contribution is 2.12. The third-order valence-corrected chi connectivity index (χ3v) is 3.57. The van der Waals surface area contributed by atoms with E-state index in [0.29, 0.717) is 13.0 Å². The van der Waals surface area contributed by atoms with E-state index in [4.69, 9.17) is 4.74 Å². The molecule has 2 amide bonds.